The van der Waals surface area contributed by atoms with Crippen molar-refractivity contribution in [1.29, 1.82) is 0 Å². The monoisotopic (exact) mass is 626 g/mol. The van der Waals surface area contributed by atoms with Gasteiger partial charge in [0, 0.05) is 30.3 Å². The summed E-state index contributed by atoms with van der Waals surface area (Å²) in [6.07, 6.45) is -0.447. The summed E-state index contributed by atoms with van der Waals surface area (Å²) in [5.74, 6) is -0.751. The van der Waals surface area contributed by atoms with Crippen molar-refractivity contribution >= 4 is 57.2 Å². The summed E-state index contributed by atoms with van der Waals surface area (Å²) in [5.41, 5.74) is 4.25. The lowest BCUT2D eigenvalue weighted by molar-refractivity contribution is -0.253. The lowest BCUT2D eigenvalue weighted by Gasteiger charge is -2.39. The summed E-state index contributed by atoms with van der Waals surface area (Å²) in [6.45, 7) is 2.84. The van der Waals surface area contributed by atoms with E-state index in [4.69, 9.17) is 44.3 Å². The maximum Gasteiger partial charge on any atom is 0.276 e. The van der Waals surface area contributed by atoms with Crippen molar-refractivity contribution in [3.8, 4) is 0 Å². The molecule has 9 heteroatoms. The van der Waals surface area contributed by atoms with Gasteiger partial charge in [-0.25, -0.2) is 0 Å². The van der Waals surface area contributed by atoms with Crippen molar-refractivity contribution in [3.05, 3.63) is 113 Å². The molecule has 1 aliphatic heterocycles. The van der Waals surface area contributed by atoms with Crippen molar-refractivity contribution < 1.29 is 19.4 Å². The second kappa shape index (κ2) is 13.3. The SMILES string of the molecule is C[C@H](c1ccc2ccccc2c1)N(C)C[C@H]1C[C@@H](c2ccc(CO)cc2)O[C@@H](c2cccc(NC(=O)C(Cl)(Cl)Cl)c2)O1. The van der Waals surface area contributed by atoms with Crippen LogP contribution in [-0.2, 0) is 20.9 Å². The van der Waals surface area contributed by atoms with Crippen LogP contribution in [0.3, 0.4) is 0 Å². The molecule has 0 aromatic heterocycles. The van der Waals surface area contributed by atoms with Gasteiger partial charge in [-0.15, -0.1) is 0 Å². The Morgan fingerprint density at radius 2 is 1.69 bits per heavy atom. The van der Waals surface area contributed by atoms with Crippen molar-refractivity contribution in [2.75, 3.05) is 18.9 Å². The van der Waals surface area contributed by atoms with Gasteiger partial charge in [-0.3, -0.25) is 9.69 Å². The zero-order valence-electron chi connectivity index (χ0n) is 23.3. The minimum Gasteiger partial charge on any atom is -0.392 e. The molecule has 0 aliphatic carbocycles. The Morgan fingerprint density at radius 3 is 2.40 bits per heavy atom. The number of ether oxygens (including phenoxy) is 2. The number of likely N-dealkylation sites (N-methyl/N-ethyl adjacent to an activating group) is 1. The van der Waals surface area contributed by atoms with E-state index in [9.17, 15) is 9.90 Å². The predicted molar refractivity (Wildman–Crippen MR) is 169 cm³/mol. The molecule has 0 saturated carbocycles. The molecular formula is C33H33Cl3N2O4. The van der Waals surface area contributed by atoms with E-state index in [-0.39, 0.29) is 24.9 Å². The Morgan fingerprint density at radius 1 is 0.952 bits per heavy atom. The van der Waals surface area contributed by atoms with Crippen molar-refractivity contribution in [2.45, 2.75) is 48.3 Å². The fraction of sp³-hybridized carbons (Fsp3) is 0.303. The van der Waals surface area contributed by atoms with Crippen LogP contribution in [0.1, 0.15) is 54.0 Å². The van der Waals surface area contributed by atoms with Gasteiger partial charge >= 0.3 is 0 Å². The van der Waals surface area contributed by atoms with Gasteiger partial charge in [0.25, 0.3) is 9.70 Å². The third-order valence-electron chi connectivity index (χ3n) is 7.70. The molecule has 0 radical (unpaired) electrons. The average molecular weight is 628 g/mol. The normalized spacial score (nSPS) is 20.0. The van der Waals surface area contributed by atoms with E-state index in [0.717, 1.165) is 16.7 Å². The third-order valence-corrected chi connectivity index (χ3v) is 8.21. The van der Waals surface area contributed by atoms with E-state index in [1.165, 1.54) is 16.3 Å². The second-order valence-corrected chi connectivity index (χ2v) is 12.9. The number of fused-ring (bicyclic) bond motifs is 1. The van der Waals surface area contributed by atoms with Gasteiger partial charge in [0.05, 0.1) is 18.8 Å². The number of nitrogens with one attached hydrogen (secondary N) is 1. The molecule has 4 atom stereocenters. The van der Waals surface area contributed by atoms with Crippen LogP contribution in [0.25, 0.3) is 10.8 Å². The number of alkyl halides is 3. The molecule has 0 unspecified atom stereocenters. The Balaban J connectivity index is 1.37. The highest BCUT2D eigenvalue weighted by Crippen LogP contribution is 2.39. The molecule has 4 aromatic rings. The Kier molecular flexibility index (Phi) is 9.75. The highest BCUT2D eigenvalue weighted by atomic mass is 35.6. The van der Waals surface area contributed by atoms with Crippen molar-refractivity contribution in [3.63, 3.8) is 0 Å². The minimum atomic E-state index is -2.09. The van der Waals surface area contributed by atoms with Gasteiger partial charge < -0.3 is 19.9 Å². The molecule has 1 heterocycles. The second-order valence-electron chi connectivity index (χ2n) is 10.6. The first kappa shape index (κ1) is 30.8. The molecule has 5 rings (SSSR count). The Hall–Kier alpha value is -2.68. The third kappa shape index (κ3) is 7.44. The Bertz CT molecular complexity index is 1530. The molecule has 220 valence electrons. The van der Waals surface area contributed by atoms with Crippen LogP contribution in [0.2, 0.25) is 0 Å². The number of hydrogen-bond donors (Lipinski definition) is 2. The van der Waals surface area contributed by atoms with E-state index in [0.29, 0.717) is 18.7 Å². The fourth-order valence-electron chi connectivity index (χ4n) is 5.20. The molecule has 1 amide bonds. The van der Waals surface area contributed by atoms with Crippen LogP contribution in [0.5, 0.6) is 0 Å². The predicted octanol–water partition coefficient (Wildman–Crippen LogP) is 7.88. The highest BCUT2D eigenvalue weighted by Gasteiger charge is 2.34. The summed E-state index contributed by atoms with van der Waals surface area (Å²) >= 11 is 17.2. The zero-order valence-corrected chi connectivity index (χ0v) is 25.6. The van der Waals surface area contributed by atoms with Crippen LogP contribution in [0, 0.1) is 0 Å². The van der Waals surface area contributed by atoms with Gasteiger partial charge in [0.2, 0.25) is 0 Å². The molecular weight excluding hydrogens is 595 g/mol. The summed E-state index contributed by atoms with van der Waals surface area (Å²) in [6, 6.07) is 30.0. The summed E-state index contributed by atoms with van der Waals surface area (Å²) in [7, 11) is 2.10. The van der Waals surface area contributed by atoms with E-state index in [2.05, 4.69) is 66.7 Å². The molecule has 1 fully saturated rings. The summed E-state index contributed by atoms with van der Waals surface area (Å²) < 4.78 is 10.9. The quantitative estimate of drug-likeness (QED) is 0.195. The molecule has 0 bridgehead atoms. The van der Waals surface area contributed by atoms with Crippen LogP contribution in [-0.4, -0.2) is 39.4 Å². The van der Waals surface area contributed by atoms with E-state index < -0.39 is 16.0 Å². The van der Waals surface area contributed by atoms with Gasteiger partial charge in [0.15, 0.2) is 6.29 Å². The molecule has 42 heavy (non-hydrogen) atoms. The van der Waals surface area contributed by atoms with Gasteiger partial charge in [-0.1, -0.05) is 108 Å². The van der Waals surface area contributed by atoms with Crippen molar-refractivity contribution in [1.82, 2.24) is 4.90 Å². The number of rotatable bonds is 8. The van der Waals surface area contributed by atoms with Crippen molar-refractivity contribution in [2.24, 2.45) is 0 Å². The van der Waals surface area contributed by atoms with Crippen LogP contribution in [0.15, 0.2) is 91.0 Å². The number of hydrogen-bond acceptors (Lipinski definition) is 5. The number of nitrogens with zero attached hydrogens (tertiary/aromatic N) is 1. The van der Waals surface area contributed by atoms with Crippen LogP contribution in [0.4, 0.5) is 5.69 Å². The Labute approximate surface area is 261 Å². The maximum atomic E-state index is 12.2. The highest BCUT2D eigenvalue weighted by molar-refractivity contribution is 6.76. The first-order valence-corrected chi connectivity index (χ1v) is 14.9. The smallest absolute Gasteiger partial charge is 0.276 e. The lowest BCUT2D eigenvalue weighted by atomic mass is 9.98. The maximum absolute atomic E-state index is 12.2. The van der Waals surface area contributed by atoms with Crippen LogP contribution < -0.4 is 5.32 Å². The number of aliphatic hydroxyl groups excluding tert-OH is 1. The number of amides is 1. The zero-order chi connectivity index (χ0) is 29.9. The minimum absolute atomic E-state index is 0.0235. The number of benzene rings is 4. The molecule has 6 nitrogen and oxygen atoms in total. The fourth-order valence-corrected chi connectivity index (χ4v) is 5.34. The standard InChI is InChI=1S/C33H33Cl3N2O4/c1-21(25-15-14-23-6-3-4-7-26(23)16-25)38(2)19-29-18-30(24-12-10-22(20-39)11-13-24)42-31(41-29)27-8-5-9-28(17-27)37-32(40)33(34,35)36/h3-17,21,29-31,39H,18-20H2,1-2H3,(H,37,40)/t21-,29-,30+,31+/m1/s1. The topological polar surface area (TPSA) is 71.0 Å². The lowest BCUT2D eigenvalue weighted by Crippen LogP contribution is -2.38. The first-order valence-electron chi connectivity index (χ1n) is 13.8. The molecule has 4 aromatic carbocycles. The number of aliphatic hydroxyl groups is 1. The van der Waals surface area contributed by atoms with E-state index >= 15 is 0 Å². The molecule has 1 saturated heterocycles. The average Bonchev–Trinajstić information content (AvgIpc) is 3.00. The summed E-state index contributed by atoms with van der Waals surface area (Å²) in [4.78, 5) is 14.5. The molecule has 2 N–H and O–H groups in total. The number of anilines is 1. The number of carbonyl (C=O) groups is 1. The van der Waals surface area contributed by atoms with E-state index in [1.54, 1.807) is 18.2 Å². The molecule has 1 aliphatic rings. The number of halogens is 3. The van der Waals surface area contributed by atoms with E-state index in [1.807, 2.05) is 30.3 Å². The first-order chi connectivity index (χ1) is 20.1. The largest absolute Gasteiger partial charge is 0.392 e. The van der Waals surface area contributed by atoms with Crippen LogP contribution >= 0.6 is 34.8 Å². The molecule has 0 spiro atoms. The van der Waals surface area contributed by atoms with Gasteiger partial charge in [-0.05, 0) is 59.6 Å². The summed E-state index contributed by atoms with van der Waals surface area (Å²) in [5, 5.41) is 14.6. The van der Waals surface area contributed by atoms with Gasteiger partial charge in [-0.2, -0.15) is 0 Å². The number of carbonyl (C=O) groups excluding carboxylic acids is 1. The van der Waals surface area contributed by atoms with Gasteiger partial charge in [0.1, 0.15) is 0 Å².